The summed E-state index contributed by atoms with van der Waals surface area (Å²) in [6, 6.07) is 5.68. The van der Waals surface area contributed by atoms with Crippen molar-refractivity contribution >= 4 is 10.9 Å². The van der Waals surface area contributed by atoms with Gasteiger partial charge in [-0.05, 0) is 24.6 Å². The number of aryl methyl sites for hydroxylation is 1. The van der Waals surface area contributed by atoms with E-state index in [1.165, 1.54) is 0 Å². The van der Waals surface area contributed by atoms with E-state index in [0.717, 1.165) is 16.5 Å². The van der Waals surface area contributed by atoms with Crippen molar-refractivity contribution in [3.63, 3.8) is 0 Å². The van der Waals surface area contributed by atoms with Gasteiger partial charge in [0.25, 0.3) is 5.56 Å². The third kappa shape index (κ3) is 0.852. The summed E-state index contributed by atoms with van der Waals surface area (Å²) in [7, 11) is 0. The van der Waals surface area contributed by atoms with E-state index in [0.29, 0.717) is 0 Å². The fourth-order valence-electron chi connectivity index (χ4n) is 1.15. The molecular formula is C8H8N2O. The van der Waals surface area contributed by atoms with E-state index < -0.39 is 0 Å². The van der Waals surface area contributed by atoms with Gasteiger partial charge in [0.2, 0.25) is 0 Å². The predicted octanol–water partition coefficient (Wildman–Crippen LogP) is 1.16. The van der Waals surface area contributed by atoms with Crippen LogP contribution >= 0.6 is 0 Å². The van der Waals surface area contributed by atoms with Gasteiger partial charge < -0.3 is 0 Å². The summed E-state index contributed by atoms with van der Waals surface area (Å²) in [5.41, 5.74) is 1.96. The predicted molar refractivity (Wildman–Crippen MR) is 43.7 cm³/mol. The molecule has 3 heteroatoms. The topological polar surface area (TPSA) is 48.6 Å². The van der Waals surface area contributed by atoms with Crippen molar-refractivity contribution in [2.24, 2.45) is 0 Å². The molecule has 0 spiro atoms. The molecule has 0 saturated heterocycles. The maximum Gasteiger partial charge on any atom is 0.271 e. The summed E-state index contributed by atoms with van der Waals surface area (Å²) in [5.74, 6) is 0. The summed E-state index contributed by atoms with van der Waals surface area (Å²) in [4.78, 5) is 11.0. The molecule has 0 fully saturated rings. The molecule has 0 radical (unpaired) electrons. The Morgan fingerprint density at radius 3 is 2.91 bits per heavy atom. The van der Waals surface area contributed by atoms with Gasteiger partial charge in [-0.3, -0.25) is 15.0 Å². The van der Waals surface area contributed by atoms with Crippen LogP contribution in [0.15, 0.2) is 23.0 Å². The highest BCUT2D eigenvalue weighted by molar-refractivity contribution is 5.78. The van der Waals surface area contributed by atoms with Gasteiger partial charge in [-0.25, -0.2) is 0 Å². The Bertz CT molecular complexity index is 439. The lowest BCUT2D eigenvalue weighted by Crippen LogP contribution is -1.96. The van der Waals surface area contributed by atoms with Crippen molar-refractivity contribution in [3.05, 3.63) is 34.1 Å². The maximum atomic E-state index is 11.0. The number of aromatic nitrogens is 2. The molecule has 11 heavy (non-hydrogen) atoms. The van der Waals surface area contributed by atoms with E-state index in [2.05, 4.69) is 10.2 Å². The third-order valence-corrected chi connectivity index (χ3v) is 1.73. The highest BCUT2D eigenvalue weighted by Gasteiger charge is 1.97. The largest absolute Gasteiger partial charge is 0.298 e. The molecule has 0 bridgehead atoms. The van der Waals surface area contributed by atoms with E-state index in [1.807, 2.05) is 25.1 Å². The summed E-state index contributed by atoms with van der Waals surface area (Å²) in [6.07, 6.45) is 0. The molecule has 2 aromatic rings. The van der Waals surface area contributed by atoms with E-state index in [-0.39, 0.29) is 5.56 Å². The molecule has 0 unspecified atom stereocenters. The first kappa shape index (κ1) is 6.22. The molecule has 0 aliphatic carbocycles. The monoisotopic (exact) mass is 148 g/mol. The van der Waals surface area contributed by atoms with Crippen LogP contribution < -0.4 is 5.56 Å². The Balaban J connectivity index is 2.97. The average Bonchev–Trinajstić information content (AvgIpc) is 2.32. The number of fused-ring (bicyclic) bond motifs is 1. The summed E-state index contributed by atoms with van der Waals surface area (Å²) >= 11 is 0. The standard InChI is InChI=1S/C8H8N2O/c1-5-2-3-6-7(4-5)9-10-8(6)11/h2-4H,1H3,(H2,9,10,11). The molecule has 1 aromatic carbocycles. The van der Waals surface area contributed by atoms with Crippen molar-refractivity contribution in [1.29, 1.82) is 0 Å². The van der Waals surface area contributed by atoms with Gasteiger partial charge in [-0.2, -0.15) is 0 Å². The second-order valence-electron chi connectivity index (χ2n) is 2.63. The lowest BCUT2D eigenvalue weighted by Gasteiger charge is -1.88. The molecule has 2 N–H and O–H groups in total. The molecule has 3 nitrogen and oxygen atoms in total. The minimum Gasteiger partial charge on any atom is -0.298 e. The quantitative estimate of drug-likeness (QED) is 0.578. The number of nitrogens with one attached hydrogen (secondary N) is 2. The first-order chi connectivity index (χ1) is 5.27. The first-order valence-corrected chi connectivity index (χ1v) is 3.44. The number of H-pyrrole nitrogens is 2. The molecule has 0 saturated carbocycles. The van der Waals surface area contributed by atoms with E-state index in [9.17, 15) is 4.79 Å². The summed E-state index contributed by atoms with van der Waals surface area (Å²) in [6.45, 7) is 1.99. The van der Waals surface area contributed by atoms with E-state index in [1.54, 1.807) is 0 Å². The Labute approximate surface area is 63.0 Å². The molecule has 2 rings (SSSR count). The molecule has 0 atom stereocenters. The van der Waals surface area contributed by atoms with Crippen LogP contribution in [0.5, 0.6) is 0 Å². The Hall–Kier alpha value is -1.51. The van der Waals surface area contributed by atoms with Gasteiger partial charge in [0.15, 0.2) is 0 Å². The van der Waals surface area contributed by atoms with Gasteiger partial charge >= 0.3 is 0 Å². The SMILES string of the molecule is Cc1ccc2c(=O)[nH][nH]c2c1. The highest BCUT2D eigenvalue weighted by Crippen LogP contribution is 2.07. The normalized spacial score (nSPS) is 10.6. The maximum absolute atomic E-state index is 11.0. The molecule has 1 heterocycles. The zero-order valence-electron chi connectivity index (χ0n) is 6.14. The molecule has 0 amide bonds. The number of rotatable bonds is 0. The molecule has 1 aromatic heterocycles. The lowest BCUT2D eigenvalue weighted by atomic mass is 10.2. The van der Waals surface area contributed by atoms with Gasteiger partial charge in [0.1, 0.15) is 0 Å². The van der Waals surface area contributed by atoms with Crippen LogP contribution in [0.2, 0.25) is 0 Å². The Morgan fingerprint density at radius 2 is 2.09 bits per heavy atom. The average molecular weight is 148 g/mol. The molecule has 0 aliphatic heterocycles. The lowest BCUT2D eigenvalue weighted by molar-refractivity contribution is 1.08. The zero-order valence-corrected chi connectivity index (χ0v) is 6.14. The van der Waals surface area contributed by atoms with Crippen LogP contribution in [0, 0.1) is 6.92 Å². The van der Waals surface area contributed by atoms with Crippen LogP contribution in [0.3, 0.4) is 0 Å². The van der Waals surface area contributed by atoms with Crippen LogP contribution in [-0.4, -0.2) is 10.2 Å². The van der Waals surface area contributed by atoms with Crippen molar-refractivity contribution < 1.29 is 0 Å². The van der Waals surface area contributed by atoms with Crippen LogP contribution in [0.25, 0.3) is 10.9 Å². The number of hydrogen-bond acceptors (Lipinski definition) is 1. The van der Waals surface area contributed by atoms with Gasteiger partial charge in [0.05, 0.1) is 10.9 Å². The second kappa shape index (κ2) is 1.99. The second-order valence-corrected chi connectivity index (χ2v) is 2.63. The van der Waals surface area contributed by atoms with Crippen LogP contribution in [0.4, 0.5) is 0 Å². The Morgan fingerprint density at radius 1 is 1.27 bits per heavy atom. The van der Waals surface area contributed by atoms with Crippen molar-refractivity contribution in [2.75, 3.05) is 0 Å². The van der Waals surface area contributed by atoms with Gasteiger partial charge in [-0.1, -0.05) is 6.07 Å². The third-order valence-electron chi connectivity index (χ3n) is 1.73. The minimum atomic E-state index is -0.0556. The molecule has 0 aliphatic rings. The van der Waals surface area contributed by atoms with Gasteiger partial charge in [0, 0.05) is 0 Å². The Kier molecular flexibility index (Phi) is 1.12. The van der Waals surface area contributed by atoms with Crippen molar-refractivity contribution in [3.8, 4) is 0 Å². The van der Waals surface area contributed by atoms with Crippen molar-refractivity contribution in [2.45, 2.75) is 6.92 Å². The molecule has 56 valence electrons. The van der Waals surface area contributed by atoms with E-state index >= 15 is 0 Å². The number of aromatic amines is 2. The molecular weight excluding hydrogens is 140 g/mol. The van der Waals surface area contributed by atoms with Crippen molar-refractivity contribution in [1.82, 2.24) is 10.2 Å². The minimum absolute atomic E-state index is 0.0556. The number of hydrogen-bond donors (Lipinski definition) is 2. The zero-order chi connectivity index (χ0) is 7.84. The number of benzene rings is 1. The van der Waals surface area contributed by atoms with Gasteiger partial charge in [-0.15, -0.1) is 0 Å². The summed E-state index contributed by atoms with van der Waals surface area (Å²) < 4.78 is 0. The fraction of sp³-hybridized carbons (Fsp3) is 0.125. The van der Waals surface area contributed by atoms with Crippen LogP contribution in [0.1, 0.15) is 5.56 Å². The summed E-state index contributed by atoms with van der Waals surface area (Å²) in [5, 5.41) is 6.03. The fourth-order valence-corrected chi connectivity index (χ4v) is 1.15. The van der Waals surface area contributed by atoms with E-state index in [4.69, 9.17) is 0 Å². The first-order valence-electron chi connectivity index (χ1n) is 3.44. The highest BCUT2D eigenvalue weighted by atomic mass is 16.1. The van der Waals surface area contributed by atoms with Crippen LogP contribution in [-0.2, 0) is 0 Å². The smallest absolute Gasteiger partial charge is 0.271 e.